The molecule has 1 aliphatic heterocycles. The number of carbonyl (C=O) groups excluding carboxylic acids is 1. The van der Waals surface area contributed by atoms with Crippen LogP contribution in [0.25, 0.3) is 0 Å². The van der Waals surface area contributed by atoms with Crippen molar-refractivity contribution in [3.05, 3.63) is 0 Å². The van der Waals surface area contributed by atoms with Gasteiger partial charge in [0.2, 0.25) is 5.91 Å². The van der Waals surface area contributed by atoms with E-state index in [-0.39, 0.29) is 11.4 Å². The summed E-state index contributed by atoms with van der Waals surface area (Å²) in [6.45, 7) is 1.41. The Labute approximate surface area is 78.4 Å². The fraction of sp³-hybridized carbons (Fsp3) is 0.889. The van der Waals surface area contributed by atoms with Gasteiger partial charge in [0.15, 0.2) is 0 Å². The Bertz CT molecular complexity index is 213. The van der Waals surface area contributed by atoms with Crippen LogP contribution in [0, 0.1) is 0 Å². The minimum Gasteiger partial charge on any atom is -0.330 e. The van der Waals surface area contributed by atoms with Gasteiger partial charge < -0.3 is 5.73 Å². The number of nitrogens with zero attached hydrogens (tertiary/aromatic N) is 1. The van der Waals surface area contributed by atoms with Gasteiger partial charge in [0.1, 0.15) is 0 Å². The van der Waals surface area contributed by atoms with Gasteiger partial charge in [-0.2, -0.15) is 0 Å². The van der Waals surface area contributed by atoms with E-state index in [0.29, 0.717) is 13.0 Å². The van der Waals surface area contributed by atoms with E-state index in [4.69, 9.17) is 5.73 Å². The molecule has 2 aliphatic rings. The molecule has 0 radical (unpaired) electrons. The molecule has 1 saturated heterocycles. The monoisotopic (exact) mass is 183 g/mol. The van der Waals surface area contributed by atoms with E-state index < -0.39 is 0 Å². The van der Waals surface area contributed by atoms with E-state index in [2.05, 4.69) is 5.43 Å². The number of nitrogens with one attached hydrogen (secondary N) is 1. The molecule has 74 valence electrons. The first-order chi connectivity index (χ1) is 6.26. The van der Waals surface area contributed by atoms with E-state index in [1.54, 1.807) is 5.01 Å². The summed E-state index contributed by atoms with van der Waals surface area (Å²) in [4.78, 5) is 11.5. The number of rotatable bonds is 3. The van der Waals surface area contributed by atoms with Gasteiger partial charge in [0.05, 0.1) is 0 Å². The molecule has 1 heterocycles. The fourth-order valence-corrected chi connectivity index (χ4v) is 2.10. The number of amides is 1. The zero-order valence-electron chi connectivity index (χ0n) is 7.88. The number of carbonyl (C=O) groups is 1. The molecule has 3 N–H and O–H groups in total. The van der Waals surface area contributed by atoms with E-state index in [1.807, 2.05) is 0 Å². The molecule has 1 amide bonds. The second kappa shape index (κ2) is 3.27. The van der Waals surface area contributed by atoms with Crippen LogP contribution in [0.2, 0.25) is 0 Å². The SMILES string of the molecule is NCCCN1NC2(CCC2)CC1=O. The highest BCUT2D eigenvalue weighted by atomic mass is 16.2. The predicted octanol–water partition coefficient (Wildman–Crippen LogP) is -0.00520. The van der Waals surface area contributed by atoms with Crippen molar-refractivity contribution in [2.24, 2.45) is 5.73 Å². The lowest BCUT2D eigenvalue weighted by molar-refractivity contribution is -0.129. The van der Waals surface area contributed by atoms with Crippen LogP contribution in [0.5, 0.6) is 0 Å². The van der Waals surface area contributed by atoms with Gasteiger partial charge in [0.25, 0.3) is 0 Å². The first-order valence-corrected chi connectivity index (χ1v) is 5.04. The lowest BCUT2D eigenvalue weighted by Crippen LogP contribution is -2.51. The van der Waals surface area contributed by atoms with Crippen LogP contribution in [-0.4, -0.2) is 29.5 Å². The summed E-state index contributed by atoms with van der Waals surface area (Å²) in [6, 6.07) is 0. The number of hydrazine groups is 1. The Balaban J connectivity index is 1.88. The molecule has 1 spiro atoms. The van der Waals surface area contributed by atoms with Crippen LogP contribution < -0.4 is 11.2 Å². The van der Waals surface area contributed by atoms with Crippen molar-refractivity contribution in [2.75, 3.05) is 13.1 Å². The molecule has 0 atom stereocenters. The van der Waals surface area contributed by atoms with Crippen LogP contribution in [0.15, 0.2) is 0 Å². The average Bonchev–Trinajstić information content (AvgIpc) is 2.39. The number of nitrogens with two attached hydrogens (primary N) is 1. The molecule has 0 aromatic carbocycles. The van der Waals surface area contributed by atoms with Gasteiger partial charge in [-0.3, -0.25) is 9.80 Å². The normalized spacial score (nSPS) is 25.3. The molecule has 0 aromatic rings. The molecular formula is C9H17N3O. The van der Waals surface area contributed by atoms with Crippen LogP contribution >= 0.6 is 0 Å². The van der Waals surface area contributed by atoms with E-state index in [0.717, 1.165) is 25.8 Å². The van der Waals surface area contributed by atoms with Gasteiger partial charge in [0, 0.05) is 18.5 Å². The first-order valence-electron chi connectivity index (χ1n) is 5.04. The lowest BCUT2D eigenvalue weighted by atomic mass is 9.76. The maximum Gasteiger partial charge on any atom is 0.238 e. The van der Waals surface area contributed by atoms with Crippen LogP contribution in [0.3, 0.4) is 0 Å². The Morgan fingerprint density at radius 2 is 2.31 bits per heavy atom. The van der Waals surface area contributed by atoms with Gasteiger partial charge in [-0.05, 0) is 32.2 Å². The molecule has 0 aromatic heterocycles. The molecule has 0 unspecified atom stereocenters. The minimum atomic E-state index is 0.145. The molecule has 1 aliphatic carbocycles. The Morgan fingerprint density at radius 3 is 2.77 bits per heavy atom. The molecule has 0 bridgehead atoms. The molecule has 4 nitrogen and oxygen atoms in total. The second-order valence-electron chi connectivity index (χ2n) is 4.11. The standard InChI is InChI=1S/C9H17N3O/c10-5-2-6-12-8(13)7-9(11-12)3-1-4-9/h11H,1-7,10H2. The van der Waals surface area contributed by atoms with Crippen molar-refractivity contribution < 1.29 is 4.79 Å². The van der Waals surface area contributed by atoms with Crippen molar-refractivity contribution in [1.82, 2.24) is 10.4 Å². The van der Waals surface area contributed by atoms with Gasteiger partial charge in [-0.1, -0.05) is 0 Å². The summed E-state index contributed by atoms with van der Waals surface area (Å²) in [5, 5.41) is 1.76. The highest BCUT2D eigenvalue weighted by molar-refractivity contribution is 5.79. The van der Waals surface area contributed by atoms with E-state index in [9.17, 15) is 4.79 Å². The highest BCUT2D eigenvalue weighted by Crippen LogP contribution is 2.38. The fourth-order valence-electron chi connectivity index (χ4n) is 2.10. The van der Waals surface area contributed by atoms with Crippen LogP contribution in [-0.2, 0) is 4.79 Å². The number of hydrogen-bond donors (Lipinski definition) is 2. The summed E-state index contributed by atoms with van der Waals surface area (Å²) < 4.78 is 0. The molecule has 2 rings (SSSR count). The molecule has 13 heavy (non-hydrogen) atoms. The van der Waals surface area contributed by atoms with Crippen molar-refractivity contribution >= 4 is 5.91 Å². The highest BCUT2D eigenvalue weighted by Gasteiger charge is 2.46. The Hall–Kier alpha value is -0.610. The molecule has 1 saturated carbocycles. The van der Waals surface area contributed by atoms with Gasteiger partial charge in [-0.25, -0.2) is 5.43 Å². The van der Waals surface area contributed by atoms with Crippen molar-refractivity contribution in [3.8, 4) is 0 Å². The van der Waals surface area contributed by atoms with Gasteiger partial charge in [-0.15, -0.1) is 0 Å². The van der Waals surface area contributed by atoms with Crippen molar-refractivity contribution in [1.29, 1.82) is 0 Å². The average molecular weight is 183 g/mol. The van der Waals surface area contributed by atoms with Crippen molar-refractivity contribution in [3.63, 3.8) is 0 Å². The van der Waals surface area contributed by atoms with Crippen molar-refractivity contribution in [2.45, 2.75) is 37.6 Å². The van der Waals surface area contributed by atoms with Gasteiger partial charge >= 0.3 is 0 Å². The summed E-state index contributed by atoms with van der Waals surface area (Å²) in [5.41, 5.74) is 8.86. The quantitative estimate of drug-likeness (QED) is 0.647. The molecule has 4 heteroatoms. The zero-order valence-corrected chi connectivity index (χ0v) is 7.88. The topological polar surface area (TPSA) is 58.4 Å². The van der Waals surface area contributed by atoms with Crippen LogP contribution in [0.1, 0.15) is 32.1 Å². The Kier molecular flexibility index (Phi) is 2.26. The largest absolute Gasteiger partial charge is 0.330 e. The summed E-state index contributed by atoms with van der Waals surface area (Å²) >= 11 is 0. The summed E-state index contributed by atoms with van der Waals surface area (Å²) in [5.74, 6) is 0.244. The zero-order chi connectivity index (χ0) is 9.31. The third kappa shape index (κ3) is 1.56. The smallest absolute Gasteiger partial charge is 0.238 e. The lowest BCUT2D eigenvalue weighted by Gasteiger charge is -2.37. The predicted molar refractivity (Wildman–Crippen MR) is 49.7 cm³/mol. The van der Waals surface area contributed by atoms with E-state index >= 15 is 0 Å². The second-order valence-corrected chi connectivity index (χ2v) is 4.11. The molecular weight excluding hydrogens is 166 g/mol. The molecule has 2 fully saturated rings. The number of hydrogen-bond acceptors (Lipinski definition) is 3. The summed E-state index contributed by atoms with van der Waals surface area (Å²) in [7, 11) is 0. The Morgan fingerprint density at radius 1 is 1.54 bits per heavy atom. The third-order valence-electron chi connectivity index (χ3n) is 3.06. The summed E-state index contributed by atoms with van der Waals surface area (Å²) in [6.07, 6.45) is 5.13. The van der Waals surface area contributed by atoms with Crippen LogP contribution in [0.4, 0.5) is 0 Å². The third-order valence-corrected chi connectivity index (χ3v) is 3.06. The maximum atomic E-state index is 11.5. The van der Waals surface area contributed by atoms with E-state index in [1.165, 1.54) is 6.42 Å². The maximum absolute atomic E-state index is 11.5. The minimum absolute atomic E-state index is 0.145. The first kappa shape index (κ1) is 8.97.